The molecule has 2 rings (SSSR count). The van der Waals surface area contributed by atoms with Crippen LogP contribution in [-0.2, 0) is 4.79 Å². The summed E-state index contributed by atoms with van der Waals surface area (Å²) < 4.78 is 0. The molecular formula is C22H37N3O. The summed E-state index contributed by atoms with van der Waals surface area (Å²) in [6.07, 6.45) is 5.21. The molecule has 0 radical (unpaired) electrons. The highest BCUT2D eigenvalue weighted by atomic mass is 16.1. The lowest BCUT2D eigenvalue weighted by molar-refractivity contribution is -0.121. The molecule has 1 aliphatic rings. The molecule has 4 nitrogen and oxygen atoms in total. The van der Waals surface area contributed by atoms with Gasteiger partial charge in [0.2, 0.25) is 5.91 Å². The molecule has 0 bridgehead atoms. The predicted octanol–water partition coefficient (Wildman–Crippen LogP) is 3.84. The van der Waals surface area contributed by atoms with Crippen molar-refractivity contribution in [2.75, 3.05) is 44.2 Å². The summed E-state index contributed by atoms with van der Waals surface area (Å²) in [7, 11) is 0. The summed E-state index contributed by atoms with van der Waals surface area (Å²) in [6.45, 7) is 12.9. The Hall–Kier alpha value is -1.55. The largest absolute Gasteiger partial charge is 0.369 e. The van der Waals surface area contributed by atoms with E-state index in [4.69, 9.17) is 0 Å². The molecule has 1 heterocycles. The van der Waals surface area contributed by atoms with Crippen LogP contribution in [0.1, 0.15) is 51.5 Å². The molecule has 1 N–H and O–H groups in total. The monoisotopic (exact) mass is 359 g/mol. The second-order valence-electron chi connectivity index (χ2n) is 7.82. The van der Waals surface area contributed by atoms with Gasteiger partial charge in [-0.1, -0.05) is 38.8 Å². The molecule has 1 unspecified atom stereocenters. The highest BCUT2D eigenvalue weighted by Gasteiger charge is 2.16. The van der Waals surface area contributed by atoms with Crippen molar-refractivity contribution >= 4 is 11.6 Å². The van der Waals surface area contributed by atoms with Crippen LogP contribution in [0.4, 0.5) is 5.69 Å². The number of nitrogens with one attached hydrogen (secondary N) is 1. The van der Waals surface area contributed by atoms with E-state index in [0.717, 1.165) is 65.0 Å². The van der Waals surface area contributed by atoms with Gasteiger partial charge >= 0.3 is 0 Å². The average Bonchev–Trinajstić information content (AvgIpc) is 2.62. The van der Waals surface area contributed by atoms with E-state index in [-0.39, 0.29) is 5.91 Å². The molecule has 1 aliphatic heterocycles. The van der Waals surface area contributed by atoms with Crippen LogP contribution in [0.3, 0.4) is 0 Å². The number of amides is 1. The van der Waals surface area contributed by atoms with Crippen molar-refractivity contribution in [1.82, 2.24) is 10.2 Å². The normalized spacial score (nSPS) is 16.5. The molecule has 1 saturated heterocycles. The van der Waals surface area contributed by atoms with Gasteiger partial charge in [-0.25, -0.2) is 0 Å². The van der Waals surface area contributed by atoms with Crippen molar-refractivity contribution in [2.24, 2.45) is 5.92 Å². The Bertz CT molecular complexity index is 538. The van der Waals surface area contributed by atoms with Gasteiger partial charge in [0, 0.05) is 44.8 Å². The van der Waals surface area contributed by atoms with Gasteiger partial charge in [0.1, 0.15) is 0 Å². The predicted molar refractivity (Wildman–Crippen MR) is 111 cm³/mol. The number of carbonyl (C=O) groups is 1. The summed E-state index contributed by atoms with van der Waals surface area (Å²) in [6, 6.07) is 8.80. The number of carbonyl (C=O) groups excluding carboxylic acids is 1. The van der Waals surface area contributed by atoms with Gasteiger partial charge in [0.05, 0.1) is 0 Å². The summed E-state index contributed by atoms with van der Waals surface area (Å²) >= 11 is 0. The Balaban J connectivity index is 1.54. The van der Waals surface area contributed by atoms with E-state index in [9.17, 15) is 4.79 Å². The molecule has 1 amide bonds. The van der Waals surface area contributed by atoms with Crippen LogP contribution >= 0.6 is 0 Å². The molecule has 146 valence electrons. The van der Waals surface area contributed by atoms with Crippen molar-refractivity contribution in [2.45, 2.75) is 52.9 Å². The Kier molecular flexibility index (Phi) is 8.96. The average molecular weight is 360 g/mol. The third-order valence-electron chi connectivity index (χ3n) is 5.28. The molecule has 1 atom stereocenters. The molecular weight excluding hydrogens is 322 g/mol. The SMILES string of the molecule is CCCC(C)CC(=O)NCCCCN1CCN(c2cccc(C)c2)CC1. The lowest BCUT2D eigenvalue weighted by Gasteiger charge is -2.36. The Morgan fingerprint density at radius 2 is 1.96 bits per heavy atom. The van der Waals surface area contributed by atoms with Crippen LogP contribution in [0.25, 0.3) is 0 Å². The van der Waals surface area contributed by atoms with Gasteiger partial charge in [-0.3, -0.25) is 9.69 Å². The van der Waals surface area contributed by atoms with E-state index >= 15 is 0 Å². The van der Waals surface area contributed by atoms with E-state index in [1.807, 2.05) is 0 Å². The highest BCUT2D eigenvalue weighted by molar-refractivity contribution is 5.76. The zero-order valence-electron chi connectivity index (χ0n) is 17.0. The topological polar surface area (TPSA) is 35.6 Å². The van der Waals surface area contributed by atoms with Gasteiger partial charge in [0.25, 0.3) is 0 Å². The number of hydrogen-bond donors (Lipinski definition) is 1. The maximum Gasteiger partial charge on any atom is 0.220 e. The van der Waals surface area contributed by atoms with Crippen LogP contribution in [0.15, 0.2) is 24.3 Å². The molecule has 0 aliphatic carbocycles. The van der Waals surface area contributed by atoms with Crippen molar-refractivity contribution in [3.63, 3.8) is 0 Å². The fraction of sp³-hybridized carbons (Fsp3) is 0.682. The maximum atomic E-state index is 11.9. The van der Waals surface area contributed by atoms with E-state index in [2.05, 4.69) is 60.2 Å². The fourth-order valence-corrected chi connectivity index (χ4v) is 3.73. The molecule has 0 aromatic heterocycles. The minimum absolute atomic E-state index is 0.220. The second-order valence-corrected chi connectivity index (χ2v) is 7.82. The molecule has 0 saturated carbocycles. The minimum atomic E-state index is 0.220. The van der Waals surface area contributed by atoms with E-state index in [1.54, 1.807) is 0 Å². The van der Waals surface area contributed by atoms with Gasteiger partial charge in [-0.05, 0) is 49.9 Å². The highest BCUT2D eigenvalue weighted by Crippen LogP contribution is 2.17. The van der Waals surface area contributed by atoms with Gasteiger partial charge in [-0.2, -0.15) is 0 Å². The van der Waals surface area contributed by atoms with E-state index in [1.165, 1.54) is 11.3 Å². The van der Waals surface area contributed by atoms with Crippen LogP contribution in [0, 0.1) is 12.8 Å². The van der Waals surface area contributed by atoms with Crippen LogP contribution < -0.4 is 10.2 Å². The van der Waals surface area contributed by atoms with Crippen LogP contribution in [0.2, 0.25) is 0 Å². The van der Waals surface area contributed by atoms with E-state index in [0.29, 0.717) is 12.3 Å². The standard InChI is InChI=1S/C22H37N3O/c1-4-8-19(2)18-22(26)23-11-5-6-12-24-13-15-25(16-14-24)21-10-7-9-20(3)17-21/h7,9-10,17,19H,4-6,8,11-16,18H2,1-3H3,(H,23,26). The number of piperazine rings is 1. The zero-order valence-corrected chi connectivity index (χ0v) is 17.0. The lowest BCUT2D eigenvalue weighted by atomic mass is 10.0. The van der Waals surface area contributed by atoms with Crippen molar-refractivity contribution in [1.29, 1.82) is 0 Å². The fourth-order valence-electron chi connectivity index (χ4n) is 3.73. The third kappa shape index (κ3) is 7.36. The molecule has 1 fully saturated rings. The minimum Gasteiger partial charge on any atom is -0.369 e. The zero-order chi connectivity index (χ0) is 18.8. The Morgan fingerprint density at radius 1 is 1.19 bits per heavy atom. The first-order chi connectivity index (χ1) is 12.6. The third-order valence-corrected chi connectivity index (χ3v) is 5.28. The van der Waals surface area contributed by atoms with E-state index < -0.39 is 0 Å². The van der Waals surface area contributed by atoms with Crippen molar-refractivity contribution in [3.05, 3.63) is 29.8 Å². The number of benzene rings is 1. The first-order valence-electron chi connectivity index (χ1n) is 10.4. The number of anilines is 1. The maximum absolute atomic E-state index is 11.9. The molecule has 1 aromatic rings. The summed E-state index contributed by atoms with van der Waals surface area (Å²) in [4.78, 5) is 16.9. The van der Waals surface area contributed by atoms with Crippen molar-refractivity contribution < 1.29 is 4.79 Å². The second kappa shape index (κ2) is 11.2. The van der Waals surface area contributed by atoms with Crippen molar-refractivity contribution in [3.8, 4) is 0 Å². The van der Waals surface area contributed by atoms with Crippen LogP contribution in [0.5, 0.6) is 0 Å². The number of hydrogen-bond acceptors (Lipinski definition) is 3. The first-order valence-corrected chi connectivity index (χ1v) is 10.4. The molecule has 4 heteroatoms. The molecule has 0 spiro atoms. The Labute approximate surface area is 159 Å². The quantitative estimate of drug-likeness (QED) is 0.645. The Morgan fingerprint density at radius 3 is 2.65 bits per heavy atom. The smallest absolute Gasteiger partial charge is 0.220 e. The lowest BCUT2D eigenvalue weighted by Crippen LogP contribution is -2.46. The molecule has 26 heavy (non-hydrogen) atoms. The summed E-state index contributed by atoms with van der Waals surface area (Å²) in [5.41, 5.74) is 2.68. The molecule has 1 aromatic carbocycles. The number of unbranched alkanes of at least 4 members (excludes halogenated alkanes) is 1. The number of rotatable bonds is 10. The van der Waals surface area contributed by atoms with Gasteiger partial charge < -0.3 is 10.2 Å². The van der Waals surface area contributed by atoms with Crippen LogP contribution in [-0.4, -0.2) is 50.1 Å². The summed E-state index contributed by atoms with van der Waals surface area (Å²) in [5.74, 6) is 0.724. The number of nitrogens with zero attached hydrogens (tertiary/aromatic N) is 2. The van der Waals surface area contributed by atoms with Gasteiger partial charge in [-0.15, -0.1) is 0 Å². The number of aryl methyl sites for hydroxylation is 1. The summed E-state index contributed by atoms with van der Waals surface area (Å²) in [5, 5.41) is 3.08. The first kappa shape index (κ1) is 20.8. The van der Waals surface area contributed by atoms with Gasteiger partial charge in [0.15, 0.2) is 0 Å².